The minimum atomic E-state index is -0.104. The number of carbonyl (C=O) groups is 2. The minimum absolute atomic E-state index is 0.0667. The molecule has 0 unspecified atom stereocenters. The molecule has 1 N–H and O–H groups in total. The van der Waals surface area contributed by atoms with Crippen molar-refractivity contribution in [3.05, 3.63) is 63.5 Å². The molecule has 0 atom stereocenters. The molecule has 29 heavy (non-hydrogen) atoms. The van der Waals surface area contributed by atoms with Crippen molar-refractivity contribution >= 4 is 46.9 Å². The average molecular weight is 427 g/mol. The van der Waals surface area contributed by atoms with Gasteiger partial charge >= 0.3 is 0 Å². The SMILES string of the molecule is CN1C(=O)C(=Cc2ccccc2Cl)Sc2ccc(C(=O)NC3CCCCC3)cc21. The fraction of sp³-hybridized carbons (Fsp3) is 0.304. The third-order valence-electron chi connectivity index (χ3n) is 5.45. The van der Waals surface area contributed by atoms with Gasteiger partial charge in [-0.15, -0.1) is 0 Å². The first-order chi connectivity index (χ1) is 14.0. The van der Waals surface area contributed by atoms with Crippen LogP contribution in [-0.2, 0) is 4.79 Å². The summed E-state index contributed by atoms with van der Waals surface area (Å²) in [6.45, 7) is 0. The highest BCUT2D eigenvalue weighted by atomic mass is 35.5. The predicted octanol–water partition coefficient (Wildman–Crippen LogP) is 5.51. The molecule has 1 heterocycles. The zero-order valence-electron chi connectivity index (χ0n) is 16.3. The van der Waals surface area contributed by atoms with Crippen molar-refractivity contribution in [2.45, 2.75) is 43.0 Å². The van der Waals surface area contributed by atoms with Crippen molar-refractivity contribution in [1.82, 2.24) is 5.32 Å². The Bertz CT molecular complexity index is 983. The normalized spacial score (nSPS) is 18.6. The monoisotopic (exact) mass is 426 g/mol. The van der Waals surface area contributed by atoms with Gasteiger partial charge in [-0.25, -0.2) is 0 Å². The van der Waals surface area contributed by atoms with Gasteiger partial charge in [-0.3, -0.25) is 9.59 Å². The van der Waals surface area contributed by atoms with Gasteiger partial charge in [0.1, 0.15) is 0 Å². The molecule has 1 saturated carbocycles. The van der Waals surface area contributed by atoms with E-state index in [-0.39, 0.29) is 17.9 Å². The molecular formula is C23H23ClN2O2S. The molecule has 6 heteroatoms. The highest BCUT2D eigenvalue weighted by molar-refractivity contribution is 8.04. The number of nitrogens with one attached hydrogen (secondary N) is 1. The summed E-state index contributed by atoms with van der Waals surface area (Å²) in [7, 11) is 1.74. The summed E-state index contributed by atoms with van der Waals surface area (Å²) in [5, 5.41) is 3.75. The van der Waals surface area contributed by atoms with Gasteiger partial charge in [0, 0.05) is 28.6 Å². The van der Waals surface area contributed by atoms with Crippen molar-refractivity contribution in [1.29, 1.82) is 0 Å². The number of nitrogens with zero attached hydrogens (tertiary/aromatic N) is 1. The molecule has 0 spiro atoms. The average Bonchev–Trinajstić information content (AvgIpc) is 2.74. The van der Waals surface area contributed by atoms with E-state index in [1.807, 2.05) is 42.5 Å². The maximum Gasteiger partial charge on any atom is 0.264 e. The number of fused-ring (bicyclic) bond motifs is 1. The molecule has 1 aliphatic carbocycles. The van der Waals surface area contributed by atoms with Gasteiger partial charge in [0.05, 0.1) is 10.6 Å². The zero-order valence-corrected chi connectivity index (χ0v) is 17.9. The summed E-state index contributed by atoms with van der Waals surface area (Å²) >= 11 is 7.65. The zero-order chi connectivity index (χ0) is 20.4. The van der Waals surface area contributed by atoms with Crippen molar-refractivity contribution in [3.63, 3.8) is 0 Å². The Labute approximate surface area is 180 Å². The summed E-state index contributed by atoms with van der Waals surface area (Å²) in [5.74, 6) is -0.171. The molecule has 0 saturated heterocycles. The molecule has 2 aliphatic rings. The Morgan fingerprint density at radius 1 is 1.17 bits per heavy atom. The van der Waals surface area contributed by atoms with Crippen LogP contribution in [0.4, 0.5) is 5.69 Å². The lowest BCUT2D eigenvalue weighted by Crippen LogP contribution is -2.36. The van der Waals surface area contributed by atoms with Crippen molar-refractivity contribution in [2.24, 2.45) is 0 Å². The molecule has 2 aromatic rings. The summed E-state index contributed by atoms with van der Waals surface area (Å²) < 4.78 is 0. The third kappa shape index (κ3) is 4.36. The lowest BCUT2D eigenvalue weighted by atomic mass is 9.95. The highest BCUT2D eigenvalue weighted by Gasteiger charge is 2.28. The largest absolute Gasteiger partial charge is 0.349 e. The summed E-state index contributed by atoms with van der Waals surface area (Å²) in [4.78, 5) is 28.7. The van der Waals surface area contributed by atoms with Gasteiger partial charge in [-0.2, -0.15) is 0 Å². The van der Waals surface area contributed by atoms with Gasteiger partial charge in [-0.05, 0) is 48.7 Å². The first kappa shape index (κ1) is 20.0. The van der Waals surface area contributed by atoms with Crippen LogP contribution in [0, 0.1) is 0 Å². The van der Waals surface area contributed by atoms with Crippen molar-refractivity contribution in [2.75, 3.05) is 11.9 Å². The van der Waals surface area contributed by atoms with Crippen LogP contribution in [0.5, 0.6) is 0 Å². The third-order valence-corrected chi connectivity index (χ3v) is 6.87. The number of halogens is 1. The van der Waals surface area contributed by atoms with Crippen LogP contribution in [-0.4, -0.2) is 24.9 Å². The van der Waals surface area contributed by atoms with Crippen LogP contribution in [0.25, 0.3) is 6.08 Å². The van der Waals surface area contributed by atoms with E-state index in [1.54, 1.807) is 18.0 Å². The quantitative estimate of drug-likeness (QED) is 0.658. The van der Waals surface area contributed by atoms with E-state index in [4.69, 9.17) is 11.6 Å². The van der Waals surface area contributed by atoms with E-state index in [9.17, 15) is 9.59 Å². The lowest BCUT2D eigenvalue weighted by molar-refractivity contribution is -0.114. The number of amides is 2. The van der Waals surface area contributed by atoms with Gasteiger partial charge < -0.3 is 10.2 Å². The minimum Gasteiger partial charge on any atom is -0.349 e. The Morgan fingerprint density at radius 3 is 2.69 bits per heavy atom. The number of benzene rings is 2. The van der Waals surface area contributed by atoms with E-state index in [1.165, 1.54) is 31.0 Å². The maximum absolute atomic E-state index is 12.9. The van der Waals surface area contributed by atoms with E-state index < -0.39 is 0 Å². The molecular weight excluding hydrogens is 404 g/mol. The van der Waals surface area contributed by atoms with Gasteiger partial charge in [-0.1, -0.05) is 60.8 Å². The van der Waals surface area contributed by atoms with E-state index in [0.717, 1.165) is 29.0 Å². The number of rotatable bonds is 3. The summed E-state index contributed by atoms with van der Waals surface area (Å²) in [6.07, 6.45) is 7.49. The molecule has 1 fully saturated rings. The molecule has 0 radical (unpaired) electrons. The van der Waals surface area contributed by atoms with E-state index in [0.29, 0.717) is 15.5 Å². The number of thioether (sulfide) groups is 1. The number of carbonyl (C=O) groups excluding carboxylic acids is 2. The second-order valence-electron chi connectivity index (χ2n) is 7.49. The van der Waals surface area contributed by atoms with Crippen molar-refractivity contribution < 1.29 is 9.59 Å². The van der Waals surface area contributed by atoms with Crippen LogP contribution in [0.1, 0.15) is 48.0 Å². The molecule has 2 amide bonds. The van der Waals surface area contributed by atoms with Crippen molar-refractivity contribution in [3.8, 4) is 0 Å². The lowest BCUT2D eigenvalue weighted by Gasteiger charge is -2.28. The van der Waals surface area contributed by atoms with Crippen LogP contribution in [0.2, 0.25) is 5.02 Å². The van der Waals surface area contributed by atoms with Crippen LogP contribution in [0.15, 0.2) is 52.3 Å². The molecule has 0 aromatic heterocycles. The molecule has 4 rings (SSSR count). The summed E-state index contributed by atoms with van der Waals surface area (Å²) in [6, 6.07) is 13.3. The Balaban J connectivity index is 1.57. The standard InChI is InChI=1S/C23H23ClN2O2S/c1-26-19-13-16(22(27)25-17-8-3-2-4-9-17)11-12-20(19)29-21(23(26)28)14-15-7-5-6-10-18(15)24/h5-7,10-14,17H,2-4,8-9H2,1H3,(H,25,27). The Kier molecular flexibility index (Phi) is 5.97. The topological polar surface area (TPSA) is 49.4 Å². The second-order valence-corrected chi connectivity index (χ2v) is 8.98. The predicted molar refractivity (Wildman–Crippen MR) is 119 cm³/mol. The Hall–Kier alpha value is -2.24. The smallest absolute Gasteiger partial charge is 0.264 e. The second kappa shape index (κ2) is 8.64. The fourth-order valence-corrected chi connectivity index (χ4v) is 5.06. The first-order valence-electron chi connectivity index (χ1n) is 9.90. The molecule has 150 valence electrons. The summed E-state index contributed by atoms with van der Waals surface area (Å²) in [5.41, 5.74) is 2.16. The first-order valence-corrected chi connectivity index (χ1v) is 11.1. The Morgan fingerprint density at radius 2 is 1.93 bits per heavy atom. The molecule has 2 aromatic carbocycles. The van der Waals surface area contributed by atoms with Crippen LogP contribution >= 0.6 is 23.4 Å². The van der Waals surface area contributed by atoms with Gasteiger partial charge in [0.25, 0.3) is 11.8 Å². The maximum atomic E-state index is 12.9. The number of hydrogen-bond acceptors (Lipinski definition) is 3. The van der Waals surface area contributed by atoms with E-state index >= 15 is 0 Å². The number of anilines is 1. The van der Waals surface area contributed by atoms with E-state index in [2.05, 4.69) is 5.32 Å². The number of hydrogen-bond donors (Lipinski definition) is 1. The van der Waals surface area contributed by atoms with Crippen LogP contribution < -0.4 is 10.2 Å². The molecule has 0 bridgehead atoms. The fourth-order valence-electron chi connectivity index (χ4n) is 3.78. The van der Waals surface area contributed by atoms with Gasteiger partial charge in [0.2, 0.25) is 0 Å². The molecule has 4 nitrogen and oxygen atoms in total. The highest BCUT2D eigenvalue weighted by Crippen LogP contribution is 2.42. The van der Waals surface area contributed by atoms with Gasteiger partial charge in [0.15, 0.2) is 0 Å². The van der Waals surface area contributed by atoms with Crippen LogP contribution in [0.3, 0.4) is 0 Å². The molecule has 1 aliphatic heterocycles. The number of likely N-dealkylation sites (N-methyl/N-ethyl adjacent to an activating group) is 1.